The molecule has 0 saturated heterocycles. The highest BCUT2D eigenvalue weighted by Crippen LogP contribution is 2.50. The minimum atomic E-state index is -0.762. The van der Waals surface area contributed by atoms with Crippen molar-refractivity contribution < 1.29 is 15.0 Å². The highest BCUT2D eigenvalue weighted by atomic mass is 79.9. The van der Waals surface area contributed by atoms with Crippen LogP contribution in [0.15, 0.2) is 22.7 Å². The summed E-state index contributed by atoms with van der Waals surface area (Å²) in [4.78, 5) is 11.0. The van der Waals surface area contributed by atoms with Gasteiger partial charge >= 0.3 is 5.97 Å². The number of hydrogen-bond acceptors (Lipinski definition) is 2. The molecule has 2 N–H and O–H groups in total. The van der Waals surface area contributed by atoms with E-state index < -0.39 is 11.4 Å². The van der Waals surface area contributed by atoms with Crippen LogP contribution in [0.3, 0.4) is 0 Å². The normalized spacial score (nSPS) is 17.4. The quantitative estimate of drug-likeness (QED) is 0.888. The molecule has 0 amide bonds. The number of phenols is 1. The molecule has 80 valence electrons. The van der Waals surface area contributed by atoms with Crippen molar-refractivity contribution in [3.8, 4) is 5.75 Å². The van der Waals surface area contributed by atoms with Gasteiger partial charge in [0.25, 0.3) is 0 Å². The molecule has 0 atom stereocenters. The van der Waals surface area contributed by atoms with Crippen LogP contribution in [0.1, 0.15) is 18.4 Å². The number of carboxylic acid groups (broad SMARTS) is 1. The second-order valence-electron chi connectivity index (χ2n) is 4.01. The standard InChI is InChI=1S/C11H11BrO3/c12-8-3-1-2-7(9(8)13)6-11(4-5-11)10(14)15/h1-3,13H,4-6H2,(H,14,15). The molecule has 0 spiro atoms. The molecule has 3 nitrogen and oxygen atoms in total. The number of hydrogen-bond donors (Lipinski definition) is 2. The molecule has 1 aromatic carbocycles. The van der Waals surface area contributed by atoms with E-state index in [4.69, 9.17) is 5.11 Å². The summed E-state index contributed by atoms with van der Waals surface area (Å²) in [5.74, 6) is -0.605. The second kappa shape index (κ2) is 3.52. The van der Waals surface area contributed by atoms with Gasteiger partial charge in [0.2, 0.25) is 0 Å². The predicted molar refractivity (Wildman–Crippen MR) is 58.8 cm³/mol. The van der Waals surface area contributed by atoms with Crippen molar-refractivity contribution >= 4 is 21.9 Å². The van der Waals surface area contributed by atoms with Gasteiger partial charge in [-0.1, -0.05) is 12.1 Å². The summed E-state index contributed by atoms with van der Waals surface area (Å²) in [6.07, 6.45) is 1.82. The Kier molecular flexibility index (Phi) is 2.46. The third-order valence-corrected chi connectivity index (χ3v) is 3.55. The average Bonchev–Trinajstić information content (AvgIpc) is 2.94. The first-order chi connectivity index (χ1) is 7.05. The van der Waals surface area contributed by atoms with Gasteiger partial charge < -0.3 is 10.2 Å². The fourth-order valence-corrected chi connectivity index (χ4v) is 2.09. The summed E-state index contributed by atoms with van der Waals surface area (Å²) in [5, 5.41) is 18.8. The molecule has 0 radical (unpaired) electrons. The number of phenolic OH excluding ortho intramolecular Hbond substituents is 1. The number of benzene rings is 1. The van der Waals surface area contributed by atoms with Gasteiger partial charge in [-0.25, -0.2) is 0 Å². The molecule has 0 bridgehead atoms. The van der Waals surface area contributed by atoms with Crippen LogP contribution < -0.4 is 0 Å². The van der Waals surface area contributed by atoms with Gasteiger partial charge in [-0.3, -0.25) is 4.79 Å². The van der Waals surface area contributed by atoms with Crippen molar-refractivity contribution in [1.29, 1.82) is 0 Å². The monoisotopic (exact) mass is 270 g/mol. The zero-order valence-corrected chi connectivity index (χ0v) is 9.62. The molecule has 1 aliphatic carbocycles. The van der Waals surface area contributed by atoms with Crippen molar-refractivity contribution in [3.63, 3.8) is 0 Å². The topological polar surface area (TPSA) is 57.5 Å². The molecule has 0 unspecified atom stereocenters. The lowest BCUT2D eigenvalue weighted by Gasteiger charge is -2.11. The van der Waals surface area contributed by atoms with E-state index in [2.05, 4.69) is 15.9 Å². The van der Waals surface area contributed by atoms with E-state index in [0.29, 0.717) is 29.3 Å². The predicted octanol–water partition coefficient (Wildman–Crippen LogP) is 2.56. The molecule has 0 heterocycles. The third-order valence-electron chi connectivity index (χ3n) is 2.91. The summed E-state index contributed by atoms with van der Waals surface area (Å²) in [6.45, 7) is 0. The Morgan fingerprint density at radius 2 is 2.13 bits per heavy atom. The number of halogens is 1. The SMILES string of the molecule is O=C(O)C1(Cc2cccc(Br)c2O)CC1. The maximum atomic E-state index is 11.0. The average molecular weight is 271 g/mol. The van der Waals surface area contributed by atoms with Crippen LogP contribution in [0.5, 0.6) is 5.75 Å². The molecular weight excluding hydrogens is 260 g/mol. The van der Waals surface area contributed by atoms with Crippen molar-refractivity contribution in [1.82, 2.24) is 0 Å². The summed E-state index contributed by atoms with van der Waals surface area (Å²) < 4.78 is 0.612. The summed E-state index contributed by atoms with van der Waals surface area (Å²) in [5.41, 5.74) is 0.0717. The first-order valence-electron chi connectivity index (χ1n) is 4.75. The smallest absolute Gasteiger partial charge is 0.309 e. The van der Waals surface area contributed by atoms with E-state index in [9.17, 15) is 9.90 Å². The van der Waals surface area contributed by atoms with Crippen LogP contribution in [-0.4, -0.2) is 16.2 Å². The molecule has 1 fully saturated rings. The number of carboxylic acids is 1. The van der Waals surface area contributed by atoms with Crippen molar-refractivity contribution in [3.05, 3.63) is 28.2 Å². The van der Waals surface area contributed by atoms with E-state index in [-0.39, 0.29) is 5.75 Å². The van der Waals surface area contributed by atoms with Crippen LogP contribution in [0.2, 0.25) is 0 Å². The Morgan fingerprint density at radius 3 is 2.67 bits per heavy atom. The zero-order chi connectivity index (χ0) is 11.1. The van der Waals surface area contributed by atoms with E-state index in [1.807, 2.05) is 0 Å². The lowest BCUT2D eigenvalue weighted by atomic mass is 9.96. The second-order valence-corrected chi connectivity index (χ2v) is 4.86. The summed E-state index contributed by atoms with van der Waals surface area (Å²) in [6, 6.07) is 5.30. The molecule has 0 aliphatic heterocycles. The molecule has 1 aromatic rings. The fourth-order valence-electron chi connectivity index (χ4n) is 1.68. The van der Waals surface area contributed by atoms with E-state index in [0.717, 1.165) is 0 Å². The van der Waals surface area contributed by atoms with Crippen molar-refractivity contribution in [2.75, 3.05) is 0 Å². The molecular formula is C11H11BrO3. The van der Waals surface area contributed by atoms with E-state index >= 15 is 0 Å². The molecule has 2 rings (SSSR count). The highest BCUT2D eigenvalue weighted by molar-refractivity contribution is 9.10. The van der Waals surface area contributed by atoms with E-state index in [1.54, 1.807) is 18.2 Å². The van der Waals surface area contributed by atoms with Gasteiger partial charge in [0.15, 0.2) is 0 Å². The number of aliphatic carboxylic acids is 1. The van der Waals surface area contributed by atoms with Gasteiger partial charge in [0.05, 0.1) is 9.89 Å². The van der Waals surface area contributed by atoms with Gasteiger partial charge in [-0.05, 0) is 46.8 Å². The lowest BCUT2D eigenvalue weighted by molar-refractivity contribution is -0.143. The molecule has 4 heteroatoms. The highest BCUT2D eigenvalue weighted by Gasteiger charge is 2.50. The number of carbonyl (C=O) groups is 1. The van der Waals surface area contributed by atoms with Gasteiger partial charge in [-0.2, -0.15) is 0 Å². The van der Waals surface area contributed by atoms with Crippen LogP contribution in [-0.2, 0) is 11.2 Å². The number of rotatable bonds is 3. The van der Waals surface area contributed by atoms with Crippen molar-refractivity contribution in [2.45, 2.75) is 19.3 Å². The Morgan fingerprint density at radius 1 is 1.47 bits per heavy atom. The molecule has 0 aromatic heterocycles. The Hall–Kier alpha value is -1.03. The first kappa shape index (κ1) is 10.5. The Labute approximate surface area is 95.9 Å². The minimum Gasteiger partial charge on any atom is -0.506 e. The third kappa shape index (κ3) is 1.86. The summed E-state index contributed by atoms with van der Waals surface area (Å²) >= 11 is 3.21. The van der Waals surface area contributed by atoms with Crippen LogP contribution in [0, 0.1) is 5.41 Å². The Balaban J connectivity index is 2.25. The first-order valence-corrected chi connectivity index (χ1v) is 5.54. The minimum absolute atomic E-state index is 0.157. The Bertz CT molecular complexity index is 410. The fraction of sp³-hybridized carbons (Fsp3) is 0.364. The molecule has 1 saturated carbocycles. The van der Waals surface area contributed by atoms with Gasteiger partial charge in [0.1, 0.15) is 5.75 Å². The van der Waals surface area contributed by atoms with Crippen LogP contribution >= 0.6 is 15.9 Å². The molecule has 1 aliphatic rings. The van der Waals surface area contributed by atoms with Crippen LogP contribution in [0.4, 0.5) is 0 Å². The summed E-state index contributed by atoms with van der Waals surface area (Å²) in [7, 11) is 0. The van der Waals surface area contributed by atoms with E-state index in [1.165, 1.54) is 0 Å². The molecule has 15 heavy (non-hydrogen) atoms. The lowest BCUT2D eigenvalue weighted by Crippen LogP contribution is -2.17. The number of para-hydroxylation sites is 1. The van der Waals surface area contributed by atoms with Crippen molar-refractivity contribution in [2.24, 2.45) is 5.41 Å². The largest absolute Gasteiger partial charge is 0.506 e. The zero-order valence-electron chi connectivity index (χ0n) is 8.03. The van der Waals surface area contributed by atoms with Gasteiger partial charge in [-0.15, -0.1) is 0 Å². The number of aromatic hydroxyl groups is 1. The van der Waals surface area contributed by atoms with Gasteiger partial charge in [0, 0.05) is 0 Å². The maximum Gasteiger partial charge on any atom is 0.309 e. The maximum absolute atomic E-state index is 11.0. The van der Waals surface area contributed by atoms with Crippen LogP contribution in [0.25, 0.3) is 0 Å².